The first-order valence-corrected chi connectivity index (χ1v) is 7.73. The van der Waals surface area contributed by atoms with Crippen molar-refractivity contribution < 1.29 is 19.1 Å². The van der Waals surface area contributed by atoms with Crippen molar-refractivity contribution in [1.29, 1.82) is 0 Å². The van der Waals surface area contributed by atoms with Crippen LogP contribution >= 0.6 is 0 Å². The monoisotopic (exact) mass is 340 g/mol. The summed E-state index contributed by atoms with van der Waals surface area (Å²) in [5.41, 5.74) is 1.36. The standard InChI is InChI=1S/C19H20N2O4/c1-19(2,3)25-18(24)21-16-6-4-5-15(11-16)20-17(23)14-9-7-13(12-22)8-10-14/h4-12H,1-3H3,(H,20,23)(H,21,24). The summed E-state index contributed by atoms with van der Waals surface area (Å²) in [6.07, 6.45) is 0.147. The van der Waals surface area contributed by atoms with Crippen molar-refractivity contribution in [3.05, 3.63) is 59.7 Å². The molecule has 0 radical (unpaired) electrons. The lowest BCUT2D eigenvalue weighted by Gasteiger charge is -2.19. The molecule has 6 nitrogen and oxygen atoms in total. The Morgan fingerprint density at radius 2 is 1.56 bits per heavy atom. The van der Waals surface area contributed by atoms with E-state index in [0.717, 1.165) is 0 Å². The molecular weight excluding hydrogens is 320 g/mol. The number of rotatable bonds is 4. The van der Waals surface area contributed by atoms with E-state index in [2.05, 4.69) is 10.6 Å². The Kier molecular flexibility index (Phi) is 5.54. The molecule has 0 aliphatic rings. The number of hydrogen-bond donors (Lipinski definition) is 2. The van der Waals surface area contributed by atoms with Crippen LogP contribution in [0.3, 0.4) is 0 Å². The van der Waals surface area contributed by atoms with Crippen molar-refractivity contribution in [2.75, 3.05) is 10.6 Å². The number of benzene rings is 2. The highest BCUT2D eigenvalue weighted by Gasteiger charge is 2.16. The van der Waals surface area contributed by atoms with E-state index in [1.807, 2.05) is 0 Å². The van der Waals surface area contributed by atoms with E-state index in [0.29, 0.717) is 28.8 Å². The zero-order valence-electron chi connectivity index (χ0n) is 14.3. The van der Waals surface area contributed by atoms with Crippen LogP contribution in [0.1, 0.15) is 41.5 Å². The molecule has 0 aliphatic carbocycles. The van der Waals surface area contributed by atoms with Crippen LogP contribution in [0.2, 0.25) is 0 Å². The second-order valence-electron chi connectivity index (χ2n) is 6.40. The Labute approximate surface area is 146 Å². The number of aldehydes is 1. The Balaban J connectivity index is 2.04. The Hall–Kier alpha value is -3.15. The number of carbonyl (C=O) groups is 3. The van der Waals surface area contributed by atoms with Gasteiger partial charge in [0.2, 0.25) is 0 Å². The maximum Gasteiger partial charge on any atom is 0.412 e. The third kappa shape index (κ3) is 5.76. The lowest BCUT2D eigenvalue weighted by atomic mass is 10.1. The van der Waals surface area contributed by atoms with Gasteiger partial charge in [-0.15, -0.1) is 0 Å². The molecule has 0 unspecified atom stereocenters. The van der Waals surface area contributed by atoms with Crippen LogP contribution in [-0.2, 0) is 4.74 Å². The highest BCUT2D eigenvalue weighted by molar-refractivity contribution is 6.04. The van der Waals surface area contributed by atoms with Gasteiger partial charge in [-0.1, -0.05) is 18.2 Å². The van der Waals surface area contributed by atoms with Crippen molar-refractivity contribution in [3.8, 4) is 0 Å². The van der Waals surface area contributed by atoms with Crippen LogP contribution < -0.4 is 10.6 Å². The van der Waals surface area contributed by atoms with Crippen molar-refractivity contribution in [2.24, 2.45) is 0 Å². The Morgan fingerprint density at radius 3 is 2.12 bits per heavy atom. The molecule has 2 aromatic carbocycles. The molecule has 6 heteroatoms. The Morgan fingerprint density at radius 1 is 0.960 bits per heavy atom. The zero-order chi connectivity index (χ0) is 18.4. The van der Waals surface area contributed by atoms with Crippen molar-refractivity contribution in [3.63, 3.8) is 0 Å². The van der Waals surface area contributed by atoms with E-state index in [1.165, 1.54) is 0 Å². The molecule has 0 atom stereocenters. The predicted octanol–water partition coefficient (Wildman–Crippen LogP) is 4.10. The molecule has 0 spiro atoms. The fraction of sp³-hybridized carbons (Fsp3) is 0.211. The SMILES string of the molecule is CC(C)(C)OC(=O)Nc1cccc(NC(=O)c2ccc(C=O)cc2)c1. The molecule has 0 saturated heterocycles. The fourth-order valence-corrected chi connectivity index (χ4v) is 2.01. The molecule has 2 amide bonds. The van der Waals surface area contributed by atoms with E-state index < -0.39 is 11.7 Å². The fourth-order valence-electron chi connectivity index (χ4n) is 2.01. The summed E-state index contributed by atoms with van der Waals surface area (Å²) in [5.74, 6) is -0.313. The average Bonchev–Trinajstić information content (AvgIpc) is 2.53. The molecule has 0 aromatic heterocycles. The van der Waals surface area contributed by atoms with Crippen molar-refractivity contribution in [2.45, 2.75) is 26.4 Å². The summed E-state index contributed by atoms with van der Waals surface area (Å²) in [7, 11) is 0. The molecule has 130 valence electrons. The molecule has 2 rings (SSSR count). The molecular formula is C19H20N2O4. The van der Waals surface area contributed by atoms with Gasteiger partial charge >= 0.3 is 6.09 Å². The average molecular weight is 340 g/mol. The second kappa shape index (κ2) is 7.61. The number of anilines is 2. The molecule has 0 fully saturated rings. The summed E-state index contributed by atoms with van der Waals surface area (Å²) in [6, 6.07) is 13.0. The first kappa shape index (κ1) is 18.2. The minimum absolute atomic E-state index is 0.313. The van der Waals surface area contributed by atoms with Gasteiger partial charge in [0.1, 0.15) is 11.9 Å². The maximum atomic E-state index is 12.2. The van der Waals surface area contributed by atoms with Crippen molar-refractivity contribution in [1.82, 2.24) is 0 Å². The number of amides is 2. The normalized spacial score (nSPS) is 10.7. The number of hydrogen-bond acceptors (Lipinski definition) is 4. The second-order valence-corrected chi connectivity index (χ2v) is 6.40. The summed E-state index contributed by atoms with van der Waals surface area (Å²) < 4.78 is 5.19. The third-order valence-corrected chi connectivity index (χ3v) is 3.07. The predicted molar refractivity (Wildman–Crippen MR) is 96.1 cm³/mol. The van der Waals surface area contributed by atoms with E-state index in [-0.39, 0.29) is 5.91 Å². The smallest absolute Gasteiger partial charge is 0.412 e. The van der Waals surface area contributed by atoms with Gasteiger partial charge in [0.25, 0.3) is 5.91 Å². The van der Waals surface area contributed by atoms with Crippen LogP contribution in [0.5, 0.6) is 0 Å². The Bertz CT molecular complexity index is 777. The van der Waals surface area contributed by atoms with Gasteiger partial charge in [-0.3, -0.25) is 14.9 Å². The number of carbonyl (C=O) groups excluding carboxylic acids is 3. The number of ether oxygens (including phenoxy) is 1. The van der Waals surface area contributed by atoms with E-state index in [9.17, 15) is 14.4 Å². The molecule has 2 N–H and O–H groups in total. The van der Waals surface area contributed by atoms with Crippen LogP contribution in [0.4, 0.5) is 16.2 Å². The summed E-state index contributed by atoms with van der Waals surface area (Å²) in [4.78, 5) is 34.7. The molecule has 25 heavy (non-hydrogen) atoms. The highest BCUT2D eigenvalue weighted by Crippen LogP contribution is 2.17. The highest BCUT2D eigenvalue weighted by atomic mass is 16.6. The largest absolute Gasteiger partial charge is 0.444 e. The van der Waals surface area contributed by atoms with Gasteiger partial charge in [-0.2, -0.15) is 0 Å². The maximum absolute atomic E-state index is 12.2. The van der Waals surface area contributed by atoms with Gasteiger partial charge in [0, 0.05) is 22.5 Å². The summed E-state index contributed by atoms with van der Waals surface area (Å²) in [6.45, 7) is 5.33. The van der Waals surface area contributed by atoms with Gasteiger partial charge in [0.05, 0.1) is 0 Å². The van der Waals surface area contributed by atoms with Crippen molar-refractivity contribution >= 4 is 29.7 Å². The van der Waals surface area contributed by atoms with Crippen LogP contribution in [0, 0.1) is 0 Å². The first-order chi connectivity index (χ1) is 11.8. The molecule has 0 heterocycles. The lowest BCUT2D eigenvalue weighted by molar-refractivity contribution is 0.0635. The summed E-state index contributed by atoms with van der Waals surface area (Å²) in [5, 5.41) is 5.35. The van der Waals surface area contributed by atoms with Crippen LogP contribution in [0.25, 0.3) is 0 Å². The minimum Gasteiger partial charge on any atom is -0.444 e. The molecule has 0 saturated carbocycles. The van der Waals surface area contributed by atoms with E-state index >= 15 is 0 Å². The van der Waals surface area contributed by atoms with Gasteiger partial charge in [-0.25, -0.2) is 4.79 Å². The molecule has 0 aliphatic heterocycles. The molecule has 2 aromatic rings. The van der Waals surface area contributed by atoms with Crippen LogP contribution in [-0.4, -0.2) is 23.9 Å². The van der Waals surface area contributed by atoms with Gasteiger partial charge < -0.3 is 10.1 Å². The zero-order valence-corrected chi connectivity index (χ0v) is 14.3. The third-order valence-electron chi connectivity index (χ3n) is 3.07. The van der Waals surface area contributed by atoms with Crippen LogP contribution in [0.15, 0.2) is 48.5 Å². The number of nitrogens with one attached hydrogen (secondary N) is 2. The summed E-state index contributed by atoms with van der Waals surface area (Å²) >= 11 is 0. The van der Waals surface area contributed by atoms with Gasteiger partial charge in [0.15, 0.2) is 0 Å². The topological polar surface area (TPSA) is 84.5 Å². The van der Waals surface area contributed by atoms with E-state index in [4.69, 9.17) is 4.74 Å². The first-order valence-electron chi connectivity index (χ1n) is 7.73. The quantitative estimate of drug-likeness (QED) is 0.821. The van der Waals surface area contributed by atoms with Gasteiger partial charge in [-0.05, 0) is 51.1 Å². The van der Waals surface area contributed by atoms with E-state index in [1.54, 1.807) is 69.3 Å². The lowest BCUT2D eigenvalue weighted by Crippen LogP contribution is -2.27. The minimum atomic E-state index is -0.594. The molecule has 0 bridgehead atoms.